The molecule has 5 nitrogen and oxygen atoms in total. The molecule has 0 radical (unpaired) electrons. The van der Waals surface area contributed by atoms with E-state index in [2.05, 4.69) is 10.6 Å². The number of hydrogen-bond acceptors (Lipinski definition) is 4. The summed E-state index contributed by atoms with van der Waals surface area (Å²) in [5, 5.41) is 5.06. The Morgan fingerprint density at radius 1 is 1.12 bits per heavy atom. The molecule has 1 heterocycles. The summed E-state index contributed by atoms with van der Waals surface area (Å²) in [5.74, 6) is -1.63. The Hall–Kier alpha value is -2.38. The number of halogens is 2. The van der Waals surface area contributed by atoms with Crippen LogP contribution in [0.15, 0.2) is 41.3 Å². The van der Waals surface area contributed by atoms with Gasteiger partial charge in [0.15, 0.2) is 0 Å². The molecule has 0 saturated carbocycles. The number of anilines is 1. The number of benzene rings is 2. The molecule has 3 amide bonds. The maximum absolute atomic E-state index is 13.0. The molecular formula is C16H10ClFN2O3S. The smallest absolute Gasteiger partial charge is 0.259 e. The lowest BCUT2D eigenvalue weighted by Crippen LogP contribution is -2.19. The fourth-order valence-electron chi connectivity index (χ4n) is 2.18. The maximum Gasteiger partial charge on any atom is 0.259 e. The van der Waals surface area contributed by atoms with E-state index in [0.29, 0.717) is 10.6 Å². The molecule has 2 aromatic carbocycles. The van der Waals surface area contributed by atoms with Crippen molar-refractivity contribution in [1.29, 1.82) is 0 Å². The van der Waals surface area contributed by atoms with Gasteiger partial charge in [-0.25, -0.2) is 4.39 Å². The normalized spacial score (nSPS) is 12.8. The molecule has 1 aliphatic heterocycles. The molecular weight excluding hydrogens is 355 g/mol. The predicted molar refractivity (Wildman–Crippen MR) is 89.0 cm³/mol. The van der Waals surface area contributed by atoms with Crippen molar-refractivity contribution in [2.75, 3.05) is 11.1 Å². The highest BCUT2D eigenvalue weighted by atomic mass is 35.5. The van der Waals surface area contributed by atoms with Crippen LogP contribution >= 0.6 is 23.4 Å². The molecule has 2 aromatic rings. The number of carbonyl (C=O) groups is 3. The van der Waals surface area contributed by atoms with E-state index in [1.807, 2.05) is 0 Å². The Kier molecular flexibility index (Phi) is 4.55. The Bertz CT molecular complexity index is 872. The highest BCUT2D eigenvalue weighted by molar-refractivity contribution is 8.00. The molecule has 122 valence electrons. The van der Waals surface area contributed by atoms with Gasteiger partial charge in [-0.15, -0.1) is 11.8 Å². The van der Waals surface area contributed by atoms with Crippen molar-refractivity contribution in [3.63, 3.8) is 0 Å². The van der Waals surface area contributed by atoms with E-state index < -0.39 is 17.6 Å². The summed E-state index contributed by atoms with van der Waals surface area (Å²) in [6, 6.07) is 8.42. The van der Waals surface area contributed by atoms with E-state index in [1.165, 1.54) is 42.1 Å². The van der Waals surface area contributed by atoms with Crippen LogP contribution in [-0.4, -0.2) is 23.5 Å². The molecule has 0 aliphatic carbocycles. The monoisotopic (exact) mass is 364 g/mol. The van der Waals surface area contributed by atoms with E-state index in [4.69, 9.17) is 11.6 Å². The molecule has 0 unspecified atom stereocenters. The van der Waals surface area contributed by atoms with Gasteiger partial charge >= 0.3 is 0 Å². The Balaban J connectivity index is 1.64. The number of carbonyl (C=O) groups excluding carboxylic acids is 3. The van der Waals surface area contributed by atoms with Crippen LogP contribution in [0.2, 0.25) is 5.02 Å². The number of nitrogens with one attached hydrogen (secondary N) is 2. The molecule has 3 rings (SSSR count). The zero-order valence-electron chi connectivity index (χ0n) is 12.1. The molecule has 0 saturated heterocycles. The summed E-state index contributed by atoms with van der Waals surface area (Å²) in [6.07, 6.45) is 0. The van der Waals surface area contributed by atoms with Crippen molar-refractivity contribution >= 4 is 46.8 Å². The first kappa shape index (κ1) is 16.5. The molecule has 0 atom stereocenters. The van der Waals surface area contributed by atoms with Crippen LogP contribution in [-0.2, 0) is 4.79 Å². The van der Waals surface area contributed by atoms with Crippen molar-refractivity contribution in [2.45, 2.75) is 4.90 Å². The summed E-state index contributed by atoms with van der Waals surface area (Å²) in [6.45, 7) is 0. The van der Waals surface area contributed by atoms with Crippen molar-refractivity contribution in [2.24, 2.45) is 0 Å². The standard InChI is InChI=1S/C16H10ClFN2O3S/c17-12-5-8(18)1-4-13(12)24-7-14(21)19-9-2-3-10-11(6-9)16(23)20-15(10)22/h1-6H,7H2,(H,19,21)(H,20,22,23). The zero-order valence-corrected chi connectivity index (χ0v) is 13.6. The molecule has 2 N–H and O–H groups in total. The van der Waals surface area contributed by atoms with E-state index in [9.17, 15) is 18.8 Å². The van der Waals surface area contributed by atoms with Crippen LogP contribution in [0, 0.1) is 5.82 Å². The lowest BCUT2D eigenvalue weighted by Gasteiger charge is -2.07. The van der Waals surface area contributed by atoms with Crippen LogP contribution in [0.25, 0.3) is 0 Å². The van der Waals surface area contributed by atoms with Crippen molar-refractivity contribution < 1.29 is 18.8 Å². The van der Waals surface area contributed by atoms with Crippen LogP contribution in [0.1, 0.15) is 20.7 Å². The van der Waals surface area contributed by atoms with E-state index in [-0.39, 0.29) is 27.8 Å². The van der Waals surface area contributed by atoms with Gasteiger partial charge in [-0.2, -0.15) is 0 Å². The van der Waals surface area contributed by atoms with Gasteiger partial charge in [0, 0.05) is 10.6 Å². The van der Waals surface area contributed by atoms with Gasteiger partial charge in [-0.1, -0.05) is 11.6 Å². The average Bonchev–Trinajstić information content (AvgIpc) is 2.81. The Morgan fingerprint density at radius 2 is 1.88 bits per heavy atom. The van der Waals surface area contributed by atoms with E-state index in [1.54, 1.807) is 6.07 Å². The summed E-state index contributed by atoms with van der Waals surface area (Å²) in [5.41, 5.74) is 0.923. The molecule has 0 bridgehead atoms. The third-order valence-corrected chi connectivity index (χ3v) is 4.77. The Labute approximate surface area is 145 Å². The van der Waals surface area contributed by atoms with Crippen molar-refractivity contribution in [3.05, 3.63) is 58.4 Å². The highest BCUT2D eigenvalue weighted by Gasteiger charge is 2.26. The SMILES string of the molecule is O=C(CSc1ccc(F)cc1Cl)Nc1ccc2c(c1)C(=O)NC2=O. The largest absolute Gasteiger partial charge is 0.325 e. The minimum absolute atomic E-state index is 0.0631. The van der Waals surface area contributed by atoms with Gasteiger partial charge < -0.3 is 5.32 Å². The quantitative estimate of drug-likeness (QED) is 0.645. The number of fused-ring (bicyclic) bond motifs is 1. The summed E-state index contributed by atoms with van der Waals surface area (Å²) >= 11 is 7.06. The molecule has 8 heteroatoms. The minimum Gasteiger partial charge on any atom is -0.325 e. The van der Waals surface area contributed by atoms with Crippen molar-refractivity contribution in [3.8, 4) is 0 Å². The number of thioether (sulfide) groups is 1. The third-order valence-electron chi connectivity index (χ3n) is 3.27. The molecule has 0 fully saturated rings. The van der Waals surface area contributed by atoms with Gasteiger partial charge in [-0.3, -0.25) is 19.7 Å². The van der Waals surface area contributed by atoms with Crippen molar-refractivity contribution in [1.82, 2.24) is 5.32 Å². The zero-order chi connectivity index (χ0) is 17.3. The first-order valence-corrected chi connectivity index (χ1v) is 8.18. The lowest BCUT2D eigenvalue weighted by atomic mass is 10.1. The van der Waals surface area contributed by atoms with Gasteiger partial charge in [0.05, 0.1) is 21.9 Å². The van der Waals surface area contributed by atoms with E-state index >= 15 is 0 Å². The van der Waals surface area contributed by atoms with Gasteiger partial charge in [0.1, 0.15) is 5.82 Å². The third kappa shape index (κ3) is 3.42. The fraction of sp³-hybridized carbons (Fsp3) is 0.0625. The second kappa shape index (κ2) is 6.62. The average molecular weight is 365 g/mol. The first-order chi connectivity index (χ1) is 11.4. The summed E-state index contributed by atoms with van der Waals surface area (Å²) < 4.78 is 13.0. The first-order valence-electron chi connectivity index (χ1n) is 6.81. The van der Waals surface area contributed by atoms with Crippen LogP contribution in [0.4, 0.5) is 10.1 Å². The summed E-state index contributed by atoms with van der Waals surface area (Å²) in [7, 11) is 0. The Morgan fingerprint density at radius 3 is 2.62 bits per heavy atom. The number of rotatable bonds is 4. The van der Waals surface area contributed by atoms with Crippen LogP contribution in [0.3, 0.4) is 0 Å². The second-order valence-corrected chi connectivity index (χ2v) is 6.38. The van der Waals surface area contributed by atoms with Crippen LogP contribution in [0.5, 0.6) is 0 Å². The van der Waals surface area contributed by atoms with Gasteiger partial charge in [0.2, 0.25) is 5.91 Å². The molecule has 0 aromatic heterocycles. The summed E-state index contributed by atoms with van der Waals surface area (Å²) in [4.78, 5) is 35.6. The molecule has 0 spiro atoms. The number of hydrogen-bond donors (Lipinski definition) is 2. The van der Waals surface area contributed by atoms with Gasteiger partial charge in [0.25, 0.3) is 11.8 Å². The molecule has 1 aliphatic rings. The van der Waals surface area contributed by atoms with E-state index in [0.717, 1.165) is 0 Å². The lowest BCUT2D eigenvalue weighted by molar-refractivity contribution is -0.113. The van der Waals surface area contributed by atoms with Crippen LogP contribution < -0.4 is 10.6 Å². The topological polar surface area (TPSA) is 75.3 Å². The molecule has 24 heavy (non-hydrogen) atoms. The maximum atomic E-state index is 13.0. The predicted octanol–water partition coefficient (Wildman–Crippen LogP) is 3.09. The van der Waals surface area contributed by atoms with Gasteiger partial charge in [-0.05, 0) is 36.4 Å². The minimum atomic E-state index is -0.487. The number of amides is 3. The fourth-order valence-corrected chi connectivity index (χ4v) is 3.23. The second-order valence-electron chi connectivity index (χ2n) is 4.96. The highest BCUT2D eigenvalue weighted by Crippen LogP contribution is 2.28. The number of imide groups is 1.